The summed E-state index contributed by atoms with van der Waals surface area (Å²) in [5.74, 6) is -0.315. The standard InChI is InChI=1S/C27H43NO5/c1-19(2)22(12-9-10-13-23(20(3)4)27(30)28(5)6)26(29)21-14-15-24(32-8)25(18-21)33-17-11-16-31-7/h9-10,14-15,18-20,22-23H,11-13,16-17H2,1-8H3/b10-9+/t22-,23-/m0/s1/i7D3,8D3. The van der Waals surface area contributed by atoms with Crippen molar-refractivity contribution < 1.29 is 32.0 Å². The number of methoxy groups -OCH3 is 2. The molecule has 0 heterocycles. The summed E-state index contributed by atoms with van der Waals surface area (Å²) in [6, 6.07) is 4.36. The van der Waals surface area contributed by atoms with Crippen LogP contribution in [0.15, 0.2) is 30.4 Å². The molecule has 0 aliphatic heterocycles. The van der Waals surface area contributed by atoms with Crippen LogP contribution >= 0.6 is 0 Å². The van der Waals surface area contributed by atoms with Crippen LogP contribution in [0.25, 0.3) is 0 Å². The fourth-order valence-electron chi connectivity index (χ4n) is 3.54. The van der Waals surface area contributed by atoms with Crippen LogP contribution in [0.5, 0.6) is 11.5 Å². The van der Waals surface area contributed by atoms with Gasteiger partial charge in [-0.05, 0) is 42.9 Å². The third-order valence-electron chi connectivity index (χ3n) is 5.64. The van der Waals surface area contributed by atoms with Crippen molar-refractivity contribution in [3.63, 3.8) is 0 Å². The molecule has 0 aliphatic rings. The summed E-state index contributed by atoms with van der Waals surface area (Å²) in [4.78, 5) is 27.5. The van der Waals surface area contributed by atoms with E-state index in [-0.39, 0.29) is 66.5 Å². The van der Waals surface area contributed by atoms with E-state index >= 15 is 0 Å². The molecule has 0 bridgehead atoms. The first-order chi connectivity index (χ1) is 17.9. The zero-order chi connectivity index (χ0) is 30.0. The Morgan fingerprint density at radius 2 is 1.64 bits per heavy atom. The summed E-state index contributed by atoms with van der Waals surface area (Å²) >= 11 is 0. The van der Waals surface area contributed by atoms with Crippen molar-refractivity contribution in [3.8, 4) is 11.5 Å². The Morgan fingerprint density at radius 1 is 0.970 bits per heavy atom. The average Bonchev–Trinajstić information content (AvgIpc) is 2.79. The van der Waals surface area contributed by atoms with Crippen LogP contribution in [0.4, 0.5) is 0 Å². The van der Waals surface area contributed by atoms with Crippen LogP contribution < -0.4 is 9.47 Å². The maximum atomic E-state index is 13.5. The molecule has 0 N–H and O–H groups in total. The van der Waals surface area contributed by atoms with Crippen molar-refractivity contribution >= 4 is 11.7 Å². The van der Waals surface area contributed by atoms with Gasteiger partial charge in [-0.25, -0.2) is 0 Å². The minimum Gasteiger partial charge on any atom is -0.493 e. The van der Waals surface area contributed by atoms with Crippen molar-refractivity contribution in [3.05, 3.63) is 35.9 Å². The van der Waals surface area contributed by atoms with Gasteiger partial charge < -0.3 is 19.1 Å². The number of ether oxygens (including phenoxy) is 3. The van der Waals surface area contributed by atoms with Crippen LogP contribution in [-0.4, -0.2) is 58.0 Å². The molecule has 0 spiro atoms. The van der Waals surface area contributed by atoms with Crippen LogP contribution in [0.2, 0.25) is 0 Å². The van der Waals surface area contributed by atoms with E-state index in [0.717, 1.165) is 0 Å². The van der Waals surface area contributed by atoms with Gasteiger partial charge in [-0.15, -0.1) is 0 Å². The SMILES string of the molecule is [2H]C([2H])([2H])OCCCOc1cc(C(=O)[C@@H](C/C=C/C[C@H](C(=O)N(C)C)C(C)C)C(C)C)ccc1OC([2H])([2H])[2H]. The highest BCUT2D eigenvalue weighted by Crippen LogP contribution is 2.31. The molecule has 1 rings (SSSR count). The highest BCUT2D eigenvalue weighted by atomic mass is 16.5. The van der Waals surface area contributed by atoms with E-state index in [2.05, 4.69) is 0 Å². The third kappa shape index (κ3) is 9.20. The lowest BCUT2D eigenvalue weighted by Crippen LogP contribution is -2.32. The highest BCUT2D eigenvalue weighted by molar-refractivity contribution is 5.98. The first-order valence-electron chi connectivity index (χ1n) is 14.4. The average molecular weight is 468 g/mol. The number of amides is 1. The second-order valence-corrected chi connectivity index (χ2v) is 9.05. The number of ketones is 1. The van der Waals surface area contributed by atoms with Crippen LogP contribution in [0.1, 0.15) is 65.5 Å². The van der Waals surface area contributed by atoms with Gasteiger partial charge in [0.2, 0.25) is 5.91 Å². The van der Waals surface area contributed by atoms with Gasteiger partial charge in [0.1, 0.15) is 0 Å². The zero-order valence-electron chi connectivity index (χ0n) is 26.7. The van der Waals surface area contributed by atoms with E-state index in [9.17, 15) is 9.59 Å². The normalized spacial score (nSPS) is 16.8. The van der Waals surface area contributed by atoms with Crippen molar-refractivity contribution in [1.82, 2.24) is 4.90 Å². The first-order valence-corrected chi connectivity index (χ1v) is 11.4. The number of nitrogens with zero attached hydrogens (tertiary/aromatic N) is 1. The smallest absolute Gasteiger partial charge is 0.225 e. The molecule has 6 nitrogen and oxygen atoms in total. The van der Waals surface area contributed by atoms with Crippen molar-refractivity contribution in [2.24, 2.45) is 23.7 Å². The Balaban J connectivity index is 3.04. The lowest BCUT2D eigenvalue weighted by Gasteiger charge is -2.22. The molecule has 33 heavy (non-hydrogen) atoms. The molecule has 0 fully saturated rings. The largest absolute Gasteiger partial charge is 0.493 e. The summed E-state index contributed by atoms with van der Waals surface area (Å²) in [7, 11) is -1.75. The second kappa shape index (κ2) is 14.7. The maximum absolute atomic E-state index is 13.5. The molecule has 0 radical (unpaired) electrons. The van der Waals surface area contributed by atoms with Crippen molar-refractivity contribution in [1.29, 1.82) is 0 Å². The molecular formula is C27H43NO5. The molecule has 0 aliphatic carbocycles. The summed E-state index contributed by atoms with van der Waals surface area (Å²) in [6.45, 7) is 7.89. The topological polar surface area (TPSA) is 65.1 Å². The Hall–Kier alpha value is -2.34. The van der Waals surface area contributed by atoms with Crippen LogP contribution in [0, 0.1) is 23.7 Å². The molecule has 1 amide bonds. The van der Waals surface area contributed by atoms with E-state index in [0.29, 0.717) is 18.4 Å². The monoisotopic (exact) mass is 467 g/mol. The fourth-order valence-corrected chi connectivity index (χ4v) is 3.54. The molecule has 2 atom stereocenters. The number of carbonyl (C=O) groups excluding carboxylic acids is 2. The Morgan fingerprint density at radius 3 is 2.21 bits per heavy atom. The molecule has 0 unspecified atom stereocenters. The Kier molecular flexibility index (Phi) is 8.96. The number of carbonyl (C=O) groups is 2. The van der Waals surface area contributed by atoms with Gasteiger partial charge in [0, 0.05) is 51.6 Å². The lowest BCUT2D eigenvalue weighted by molar-refractivity contribution is -0.134. The first kappa shape index (κ1) is 20.1. The van der Waals surface area contributed by atoms with Crippen molar-refractivity contribution in [2.75, 3.05) is 41.4 Å². The zero-order valence-corrected chi connectivity index (χ0v) is 20.7. The Bertz CT molecular complexity index is 957. The minimum atomic E-state index is -2.72. The number of hydrogen-bond donors (Lipinski definition) is 0. The molecule has 1 aromatic rings. The van der Waals surface area contributed by atoms with Crippen molar-refractivity contribution in [2.45, 2.75) is 47.0 Å². The summed E-state index contributed by atoms with van der Waals surface area (Å²) < 4.78 is 58.9. The number of Topliss-reactive ketones (excluding diaryl/α,β-unsaturated/α-hetero) is 1. The predicted octanol–water partition coefficient (Wildman–Crippen LogP) is 5.26. The van der Waals surface area contributed by atoms with Gasteiger partial charge >= 0.3 is 0 Å². The van der Waals surface area contributed by atoms with Gasteiger partial charge in [0.05, 0.1) is 21.9 Å². The molecule has 0 aromatic heterocycles. The predicted molar refractivity (Wildman–Crippen MR) is 133 cm³/mol. The van der Waals surface area contributed by atoms with Gasteiger partial charge in [-0.2, -0.15) is 0 Å². The van der Waals surface area contributed by atoms with Gasteiger partial charge in [-0.1, -0.05) is 39.8 Å². The molecule has 0 saturated carbocycles. The molecule has 0 saturated heterocycles. The number of rotatable bonds is 15. The number of benzene rings is 1. The number of hydrogen-bond acceptors (Lipinski definition) is 5. The van der Waals surface area contributed by atoms with Gasteiger partial charge in [-0.3, -0.25) is 9.59 Å². The lowest BCUT2D eigenvalue weighted by atomic mass is 9.84. The van der Waals surface area contributed by atoms with E-state index in [1.807, 2.05) is 39.8 Å². The second-order valence-electron chi connectivity index (χ2n) is 9.05. The van der Waals surface area contributed by atoms with E-state index in [1.54, 1.807) is 19.0 Å². The molecule has 1 aromatic carbocycles. The molecular weight excluding hydrogens is 418 g/mol. The van der Waals surface area contributed by atoms with Gasteiger partial charge in [0.15, 0.2) is 17.3 Å². The third-order valence-corrected chi connectivity index (χ3v) is 5.64. The van der Waals surface area contributed by atoms with E-state index < -0.39 is 14.1 Å². The molecule has 6 heteroatoms. The van der Waals surface area contributed by atoms with Gasteiger partial charge in [0.25, 0.3) is 0 Å². The summed E-state index contributed by atoms with van der Waals surface area (Å²) in [6.07, 6.45) is 5.19. The van der Waals surface area contributed by atoms with E-state index in [4.69, 9.17) is 22.4 Å². The fraction of sp³-hybridized carbons (Fsp3) is 0.630. The number of allylic oxidation sites excluding steroid dienone is 2. The molecule has 186 valence electrons. The van der Waals surface area contributed by atoms with Crippen LogP contribution in [-0.2, 0) is 9.53 Å². The van der Waals surface area contributed by atoms with Crippen LogP contribution in [0.3, 0.4) is 0 Å². The Labute approximate surface area is 208 Å². The minimum absolute atomic E-state index is 0.0196. The van der Waals surface area contributed by atoms with E-state index in [1.165, 1.54) is 18.2 Å². The quantitative estimate of drug-likeness (QED) is 0.200. The maximum Gasteiger partial charge on any atom is 0.225 e. The summed E-state index contributed by atoms with van der Waals surface area (Å²) in [5.41, 5.74) is 0.344. The summed E-state index contributed by atoms with van der Waals surface area (Å²) in [5, 5.41) is 0. The highest BCUT2D eigenvalue weighted by Gasteiger charge is 2.25.